The fourth-order valence-electron chi connectivity index (χ4n) is 3.15. The molecule has 0 amide bonds. The van der Waals surface area contributed by atoms with Gasteiger partial charge in [-0.1, -0.05) is 12.8 Å². The third-order valence-corrected chi connectivity index (χ3v) is 5.33. The van der Waals surface area contributed by atoms with Crippen molar-refractivity contribution in [3.63, 3.8) is 0 Å². The van der Waals surface area contributed by atoms with Gasteiger partial charge in [0.05, 0.1) is 24.0 Å². The normalized spacial score (nSPS) is 39.9. The topological polar surface area (TPSA) is 77.7 Å². The van der Waals surface area contributed by atoms with E-state index in [9.17, 15) is 9.59 Å². The lowest BCUT2D eigenvalue weighted by Gasteiger charge is -2.45. The second kappa shape index (κ2) is 5.81. The van der Waals surface area contributed by atoms with Crippen molar-refractivity contribution in [3.05, 3.63) is 0 Å². The first kappa shape index (κ1) is 15.7. The Bertz CT molecular complexity index is 414. The molecule has 124 valence electrons. The molecule has 3 aliphatic rings. The molecule has 4 atom stereocenters. The van der Waals surface area contributed by atoms with Crippen molar-refractivity contribution in [2.24, 2.45) is 10.8 Å². The van der Waals surface area contributed by atoms with Crippen LogP contribution >= 0.6 is 0 Å². The summed E-state index contributed by atoms with van der Waals surface area (Å²) in [7, 11) is 0. The van der Waals surface area contributed by atoms with E-state index in [1.165, 1.54) is 0 Å². The van der Waals surface area contributed by atoms with Crippen LogP contribution in [0.3, 0.4) is 0 Å². The molecule has 1 aliphatic carbocycles. The molecule has 0 aromatic rings. The highest BCUT2D eigenvalue weighted by Crippen LogP contribution is 2.52. The average Bonchev–Trinajstić information content (AvgIpc) is 3.38. The van der Waals surface area contributed by atoms with Crippen LogP contribution in [0.2, 0.25) is 0 Å². The van der Waals surface area contributed by atoms with Crippen molar-refractivity contribution in [1.82, 2.24) is 0 Å². The van der Waals surface area contributed by atoms with Crippen molar-refractivity contribution >= 4 is 11.9 Å². The first-order valence-electron chi connectivity index (χ1n) is 8.03. The van der Waals surface area contributed by atoms with Crippen LogP contribution in [-0.2, 0) is 28.5 Å². The van der Waals surface area contributed by atoms with Crippen molar-refractivity contribution in [3.8, 4) is 0 Å². The monoisotopic (exact) mass is 312 g/mol. The summed E-state index contributed by atoms with van der Waals surface area (Å²) >= 11 is 0. The van der Waals surface area contributed by atoms with Crippen molar-refractivity contribution in [2.75, 3.05) is 26.4 Å². The van der Waals surface area contributed by atoms with Crippen LogP contribution in [0.25, 0.3) is 0 Å². The lowest BCUT2D eigenvalue weighted by Crippen LogP contribution is -2.52. The largest absolute Gasteiger partial charge is 0.462 e. The zero-order chi connectivity index (χ0) is 15.8. The first-order chi connectivity index (χ1) is 10.5. The molecule has 0 N–H and O–H groups in total. The van der Waals surface area contributed by atoms with Gasteiger partial charge in [0.15, 0.2) is 0 Å². The molecule has 6 heteroatoms. The van der Waals surface area contributed by atoms with Crippen LogP contribution in [0.4, 0.5) is 0 Å². The maximum Gasteiger partial charge on any atom is 0.313 e. The molecule has 0 aromatic heterocycles. The van der Waals surface area contributed by atoms with E-state index < -0.39 is 10.8 Å². The Morgan fingerprint density at radius 2 is 1.27 bits per heavy atom. The smallest absolute Gasteiger partial charge is 0.313 e. The van der Waals surface area contributed by atoms with E-state index in [0.717, 1.165) is 12.8 Å². The van der Waals surface area contributed by atoms with E-state index in [4.69, 9.17) is 18.9 Å². The number of hydrogen-bond acceptors (Lipinski definition) is 6. The summed E-state index contributed by atoms with van der Waals surface area (Å²) < 4.78 is 20.9. The highest BCUT2D eigenvalue weighted by atomic mass is 16.6. The molecule has 2 saturated heterocycles. The van der Waals surface area contributed by atoms with Gasteiger partial charge in [0.25, 0.3) is 0 Å². The summed E-state index contributed by atoms with van der Waals surface area (Å²) in [5.41, 5.74) is -1.69. The second-order valence-electron chi connectivity index (χ2n) is 6.98. The number of carbonyl (C=O) groups excluding carboxylic acids is 2. The molecular formula is C16H24O6. The standard InChI is InChI=1S/C16H24O6/c1-15(13(17)21-9-11-7-19-11)5-3-4-6-16(15,2)14(18)22-10-12-8-20-12/h11-12H,3-10H2,1-2H3. The minimum Gasteiger partial charge on any atom is -0.462 e. The van der Waals surface area contributed by atoms with Gasteiger partial charge < -0.3 is 18.9 Å². The quantitative estimate of drug-likeness (QED) is 0.546. The Balaban J connectivity index is 1.68. The summed E-state index contributed by atoms with van der Waals surface area (Å²) in [4.78, 5) is 25.2. The number of carbonyl (C=O) groups is 2. The zero-order valence-corrected chi connectivity index (χ0v) is 13.3. The maximum absolute atomic E-state index is 12.6. The van der Waals surface area contributed by atoms with Gasteiger partial charge in [-0.25, -0.2) is 0 Å². The van der Waals surface area contributed by atoms with Gasteiger partial charge in [-0.05, 0) is 26.7 Å². The minimum absolute atomic E-state index is 0.0290. The highest BCUT2D eigenvalue weighted by molar-refractivity contribution is 5.88. The molecule has 3 rings (SSSR count). The van der Waals surface area contributed by atoms with E-state index in [1.54, 1.807) is 0 Å². The van der Waals surface area contributed by atoms with Gasteiger partial charge >= 0.3 is 11.9 Å². The second-order valence-corrected chi connectivity index (χ2v) is 6.98. The molecule has 2 heterocycles. The molecule has 6 nitrogen and oxygen atoms in total. The van der Waals surface area contributed by atoms with Gasteiger partial charge in [-0.15, -0.1) is 0 Å². The molecule has 3 fully saturated rings. The van der Waals surface area contributed by atoms with Crippen LogP contribution in [0.5, 0.6) is 0 Å². The van der Waals surface area contributed by atoms with Crippen LogP contribution in [0.1, 0.15) is 39.5 Å². The molecular weight excluding hydrogens is 288 g/mol. The molecule has 4 unspecified atom stereocenters. The summed E-state index contributed by atoms with van der Waals surface area (Å²) in [6.45, 7) is 5.49. The van der Waals surface area contributed by atoms with E-state index in [0.29, 0.717) is 26.1 Å². The summed E-state index contributed by atoms with van der Waals surface area (Å²) in [5, 5.41) is 0. The van der Waals surface area contributed by atoms with Crippen LogP contribution in [-0.4, -0.2) is 50.6 Å². The average molecular weight is 312 g/mol. The van der Waals surface area contributed by atoms with Crippen LogP contribution < -0.4 is 0 Å². The Morgan fingerprint density at radius 1 is 0.909 bits per heavy atom. The number of hydrogen-bond donors (Lipinski definition) is 0. The molecule has 0 radical (unpaired) electrons. The fraction of sp³-hybridized carbons (Fsp3) is 0.875. The minimum atomic E-state index is -0.846. The number of epoxide rings is 2. The van der Waals surface area contributed by atoms with Gasteiger partial charge in [-0.3, -0.25) is 9.59 Å². The lowest BCUT2D eigenvalue weighted by molar-refractivity contribution is -0.183. The number of rotatable bonds is 6. The van der Waals surface area contributed by atoms with Gasteiger partial charge in [0, 0.05) is 0 Å². The van der Waals surface area contributed by atoms with E-state index >= 15 is 0 Å². The van der Waals surface area contributed by atoms with E-state index in [-0.39, 0.29) is 37.4 Å². The van der Waals surface area contributed by atoms with Gasteiger partial charge in [0.1, 0.15) is 25.4 Å². The van der Waals surface area contributed by atoms with E-state index in [2.05, 4.69) is 0 Å². The third-order valence-electron chi connectivity index (χ3n) is 5.33. The predicted octanol–water partition coefficient (Wildman–Crippen LogP) is 1.46. The Morgan fingerprint density at radius 3 is 1.59 bits per heavy atom. The zero-order valence-electron chi connectivity index (χ0n) is 13.3. The van der Waals surface area contributed by atoms with Gasteiger partial charge in [-0.2, -0.15) is 0 Å². The molecule has 2 aliphatic heterocycles. The van der Waals surface area contributed by atoms with E-state index in [1.807, 2.05) is 13.8 Å². The van der Waals surface area contributed by atoms with Crippen molar-refractivity contribution in [2.45, 2.75) is 51.7 Å². The summed E-state index contributed by atoms with van der Waals surface area (Å²) in [6.07, 6.45) is 3.18. The SMILES string of the molecule is CC1(C(=O)OCC2CO2)CCCCC1(C)C(=O)OCC1CO1. The Labute approximate surface area is 130 Å². The Kier molecular flexibility index (Phi) is 4.16. The molecule has 0 bridgehead atoms. The van der Waals surface area contributed by atoms with Crippen LogP contribution in [0, 0.1) is 10.8 Å². The Hall–Kier alpha value is -1.14. The van der Waals surface area contributed by atoms with Gasteiger partial charge in [0.2, 0.25) is 0 Å². The maximum atomic E-state index is 12.6. The summed E-state index contributed by atoms with van der Waals surface area (Å²) in [5.74, 6) is -0.630. The highest BCUT2D eigenvalue weighted by Gasteiger charge is 2.58. The molecule has 0 spiro atoms. The fourth-order valence-corrected chi connectivity index (χ4v) is 3.15. The third kappa shape index (κ3) is 2.99. The summed E-state index contributed by atoms with van der Waals surface area (Å²) in [6, 6.07) is 0. The van der Waals surface area contributed by atoms with Crippen molar-refractivity contribution in [1.29, 1.82) is 0 Å². The predicted molar refractivity (Wildman–Crippen MR) is 76.1 cm³/mol. The lowest BCUT2D eigenvalue weighted by atomic mass is 9.57. The molecule has 22 heavy (non-hydrogen) atoms. The first-order valence-corrected chi connectivity index (χ1v) is 8.03. The van der Waals surface area contributed by atoms with Crippen LogP contribution in [0.15, 0.2) is 0 Å². The number of esters is 2. The van der Waals surface area contributed by atoms with Crippen molar-refractivity contribution < 1.29 is 28.5 Å². The molecule has 1 saturated carbocycles. The molecule has 0 aromatic carbocycles. The number of ether oxygens (including phenoxy) is 4.